The van der Waals surface area contributed by atoms with E-state index in [1.54, 1.807) is 0 Å². The molecule has 1 rings (SSSR count). The Morgan fingerprint density at radius 1 is 1.55 bits per heavy atom. The van der Waals surface area contributed by atoms with Gasteiger partial charge in [-0.15, -0.1) is 12.4 Å². The molecule has 66 valence electrons. The lowest BCUT2D eigenvalue weighted by atomic mass is 10.00. The number of halogens is 1. The summed E-state index contributed by atoms with van der Waals surface area (Å²) in [5.41, 5.74) is -0.282. The van der Waals surface area contributed by atoms with Gasteiger partial charge in [0.05, 0.1) is 5.41 Å². The molecule has 11 heavy (non-hydrogen) atoms. The highest BCUT2D eigenvalue weighted by Crippen LogP contribution is 2.49. The summed E-state index contributed by atoms with van der Waals surface area (Å²) in [5, 5.41) is 8.73. The Morgan fingerprint density at radius 3 is 2.36 bits per heavy atom. The minimum absolute atomic E-state index is 0. The fourth-order valence-corrected chi connectivity index (χ4v) is 1.24. The molecule has 0 aromatic carbocycles. The maximum absolute atomic E-state index is 10.6. The first kappa shape index (κ1) is 10.8. The van der Waals surface area contributed by atoms with Crippen molar-refractivity contribution in [3.05, 3.63) is 0 Å². The number of aliphatic carboxylic acids is 1. The van der Waals surface area contributed by atoms with E-state index in [-0.39, 0.29) is 17.8 Å². The number of carboxylic acids is 1. The first-order valence-corrected chi connectivity index (χ1v) is 3.95. The van der Waals surface area contributed by atoms with E-state index < -0.39 is 5.97 Å². The number of carboxylic acid groups (broad SMARTS) is 1. The van der Waals surface area contributed by atoms with E-state index in [9.17, 15) is 4.79 Å². The average Bonchev–Trinajstić information content (AvgIpc) is 2.64. The number of carbonyl (C=O) groups is 1. The molecule has 0 bridgehead atoms. The molecule has 0 unspecified atom stereocenters. The predicted octanol–water partition coefficient (Wildman–Crippen LogP) is 2.46. The van der Waals surface area contributed by atoms with Crippen molar-refractivity contribution >= 4 is 18.4 Å². The van der Waals surface area contributed by atoms with Crippen LogP contribution in [-0.2, 0) is 4.79 Å². The normalized spacial score (nSPS) is 18.6. The van der Waals surface area contributed by atoms with Gasteiger partial charge in [0.25, 0.3) is 0 Å². The maximum atomic E-state index is 10.6. The quantitative estimate of drug-likeness (QED) is 0.718. The molecule has 1 aliphatic carbocycles. The van der Waals surface area contributed by atoms with Crippen molar-refractivity contribution in [3.8, 4) is 0 Å². The highest BCUT2D eigenvalue weighted by atomic mass is 35.5. The smallest absolute Gasteiger partial charge is 0.309 e. The molecule has 1 saturated carbocycles. The van der Waals surface area contributed by atoms with Crippen LogP contribution < -0.4 is 0 Å². The first-order valence-electron chi connectivity index (χ1n) is 3.95. The van der Waals surface area contributed by atoms with Gasteiger partial charge in [-0.3, -0.25) is 4.79 Å². The molecule has 0 amide bonds. The lowest BCUT2D eigenvalue weighted by Gasteiger charge is -2.06. The highest BCUT2D eigenvalue weighted by Gasteiger charge is 2.49. The Morgan fingerprint density at radius 2 is 2.09 bits per heavy atom. The molecule has 1 N–H and O–H groups in total. The molecule has 0 atom stereocenters. The standard InChI is InChI=1S/C8H14O2.ClH/c1-2-3-4-8(5-6-8)7(9)10;/h2-6H2,1H3,(H,9,10);1H. The summed E-state index contributed by atoms with van der Waals surface area (Å²) < 4.78 is 0. The zero-order chi connectivity index (χ0) is 7.61. The Kier molecular flexibility index (Phi) is 3.87. The van der Waals surface area contributed by atoms with Crippen LogP contribution in [0.3, 0.4) is 0 Å². The molecule has 1 fully saturated rings. The average molecular weight is 179 g/mol. The van der Waals surface area contributed by atoms with Crippen molar-refractivity contribution in [3.63, 3.8) is 0 Å². The number of hydrogen-bond donors (Lipinski definition) is 1. The fourth-order valence-electron chi connectivity index (χ4n) is 1.24. The van der Waals surface area contributed by atoms with E-state index in [4.69, 9.17) is 5.11 Å². The molecule has 0 saturated heterocycles. The summed E-state index contributed by atoms with van der Waals surface area (Å²) in [6, 6.07) is 0. The van der Waals surface area contributed by atoms with Crippen molar-refractivity contribution in [2.24, 2.45) is 5.41 Å². The van der Waals surface area contributed by atoms with Crippen LogP contribution >= 0.6 is 12.4 Å². The predicted molar refractivity (Wildman–Crippen MR) is 46.1 cm³/mol. The third-order valence-corrected chi connectivity index (χ3v) is 2.32. The van der Waals surface area contributed by atoms with Gasteiger partial charge in [0, 0.05) is 0 Å². The van der Waals surface area contributed by atoms with Crippen LogP contribution in [0.1, 0.15) is 39.0 Å². The van der Waals surface area contributed by atoms with E-state index in [2.05, 4.69) is 6.92 Å². The van der Waals surface area contributed by atoms with Crippen LogP contribution in [0.25, 0.3) is 0 Å². The molecule has 0 aliphatic heterocycles. The summed E-state index contributed by atoms with van der Waals surface area (Å²) in [5.74, 6) is -0.582. The van der Waals surface area contributed by atoms with Crippen molar-refractivity contribution in [1.29, 1.82) is 0 Å². The zero-order valence-electron chi connectivity index (χ0n) is 6.80. The number of rotatable bonds is 4. The van der Waals surface area contributed by atoms with Gasteiger partial charge in [0.1, 0.15) is 0 Å². The van der Waals surface area contributed by atoms with Gasteiger partial charge in [-0.05, 0) is 19.3 Å². The van der Waals surface area contributed by atoms with Crippen LogP contribution in [-0.4, -0.2) is 11.1 Å². The van der Waals surface area contributed by atoms with Crippen LogP contribution in [0, 0.1) is 5.41 Å². The lowest BCUT2D eigenvalue weighted by Crippen LogP contribution is -2.13. The summed E-state index contributed by atoms with van der Waals surface area (Å²) in [6.45, 7) is 2.10. The topological polar surface area (TPSA) is 37.3 Å². The number of unbranched alkanes of at least 4 members (excludes halogenated alkanes) is 1. The molecule has 0 aromatic rings. The first-order chi connectivity index (χ1) is 4.71. The molecule has 0 radical (unpaired) electrons. The Balaban J connectivity index is 0.000001000. The molecule has 0 spiro atoms. The van der Waals surface area contributed by atoms with E-state index in [1.807, 2.05) is 0 Å². The van der Waals surface area contributed by atoms with E-state index in [0.717, 1.165) is 32.1 Å². The molecular formula is C8H15ClO2. The molecule has 2 nitrogen and oxygen atoms in total. The van der Waals surface area contributed by atoms with Crippen LogP contribution in [0.5, 0.6) is 0 Å². The van der Waals surface area contributed by atoms with Gasteiger partial charge in [-0.1, -0.05) is 19.8 Å². The Bertz CT molecular complexity index is 141. The third-order valence-electron chi connectivity index (χ3n) is 2.32. The van der Waals surface area contributed by atoms with E-state index >= 15 is 0 Å². The third kappa shape index (κ3) is 2.37. The maximum Gasteiger partial charge on any atom is 0.309 e. The second kappa shape index (κ2) is 3.96. The summed E-state index contributed by atoms with van der Waals surface area (Å²) in [4.78, 5) is 10.6. The van der Waals surface area contributed by atoms with Gasteiger partial charge in [-0.25, -0.2) is 0 Å². The van der Waals surface area contributed by atoms with Crippen LogP contribution in [0.2, 0.25) is 0 Å². The minimum atomic E-state index is -0.582. The largest absolute Gasteiger partial charge is 0.481 e. The number of hydrogen-bond acceptors (Lipinski definition) is 1. The molecule has 0 aromatic heterocycles. The van der Waals surface area contributed by atoms with Gasteiger partial charge in [0.2, 0.25) is 0 Å². The van der Waals surface area contributed by atoms with Crippen molar-refractivity contribution < 1.29 is 9.90 Å². The molecule has 1 aliphatic rings. The molecule has 3 heteroatoms. The van der Waals surface area contributed by atoms with Crippen molar-refractivity contribution in [2.75, 3.05) is 0 Å². The Hall–Kier alpha value is -0.240. The van der Waals surface area contributed by atoms with Gasteiger partial charge < -0.3 is 5.11 Å². The second-order valence-corrected chi connectivity index (χ2v) is 3.19. The van der Waals surface area contributed by atoms with E-state index in [0.29, 0.717) is 0 Å². The monoisotopic (exact) mass is 178 g/mol. The van der Waals surface area contributed by atoms with Gasteiger partial charge in [-0.2, -0.15) is 0 Å². The van der Waals surface area contributed by atoms with Crippen LogP contribution in [0.15, 0.2) is 0 Å². The van der Waals surface area contributed by atoms with E-state index in [1.165, 1.54) is 0 Å². The zero-order valence-corrected chi connectivity index (χ0v) is 7.62. The minimum Gasteiger partial charge on any atom is -0.481 e. The lowest BCUT2D eigenvalue weighted by molar-refractivity contribution is -0.143. The second-order valence-electron chi connectivity index (χ2n) is 3.19. The Labute approximate surface area is 73.4 Å². The van der Waals surface area contributed by atoms with Crippen LogP contribution in [0.4, 0.5) is 0 Å². The van der Waals surface area contributed by atoms with Crippen molar-refractivity contribution in [2.45, 2.75) is 39.0 Å². The molecule has 0 heterocycles. The highest BCUT2D eigenvalue weighted by molar-refractivity contribution is 5.85. The van der Waals surface area contributed by atoms with Gasteiger partial charge >= 0.3 is 5.97 Å². The van der Waals surface area contributed by atoms with Crippen molar-refractivity contribution in [1.82, 2.24) is 0 Å². The fraction of sp³-hybridized carbons (Fsp3) is 0.875. The molecular weight excluding hydrogens is 164 g/mol. The summed E-state index contributed by atoms with van der Waals surface area (Å²) >= 11 is 0. The van der Waals surface area contributed by atoms with Gasteiger partial charge in [0.15, 0.2) is 0 Å². The summed E-state index contributed by atoms with van der Waals surface area (Å²) in [7, 11) is 0. The summed E-state index contributed by atoms with van der Waals surface area (Å²) in [6.07, 6.45) is 4.87. The SMILES string of the molecule is CCCCC1(C(=O)O)CC1.Cl.